The number of hydrogen-bond donors (Lipinski definition) is 1. The second kappa shape index (κ2) is 7.29. The van der Waals surface area contributed by atoms with Crippen LogP contribution < -0.4 is 10.1 Å². The minimum absolute atomic E-state index is 0.648. The summed E-state index contributed by atoms with van der Waals surface area (Å²) in [5.74, 6) is 0.994. The van der Waals surface area contributed by atoms with Gasteiger partial charge in [0.2, 0.25) is 0 Å². The Labute approximate surface area is 99.0 Å². The number of para-hydroxylation sites is 1. The summed E-state index contributed by atoms with van der Waals surface area (Å²) in [7, 11) is 1.73. The highest BCUT2D eigenvalue weighted by Crippen LogP contribution is 2.17. The molecule has 1 N–H and O–H groups in total. The normalized spacial score (nSPS) is 10.8. The van der Waals surface area contributed by atoms with Gasteiger partial charge in [-0.3, -0.25) is 0 Å². The van der Waals surface area contributed by atoms with Crippen LogP contribution in [0.2, 0.25) is 0 Å². The van der Waals surface area contributed by atoms with Crippen molar-refractivity contribution in [1.82, 2.24) is 5.32 Å². The van der Waals surface area contributed by atoms with E-state index < -0.39 is 0 Å². The van der Waals surface area contributed by atoms with Gasteiger partial charge in [-0.25, -0.2) is 0 Å². The lowest BCUT2D eigenvalue weighted by molar-refractivity contribution is 0.407. The molecule has 0 fully saturated rings. The Morgan fingerprint density at radius 3 is 2.50 bits per heavy atom. The first-order chi connectivity index (χ1) is 7.81. The fourth-order valence-electron chi connectivity index (χ4n) is 1.90. The molecule has 0 aliphatic rings. The zero-order chi connectivity index (χ0) is 11.8. The lowest BCUT2D eigenvalue weighted by Crippen LogP contribution is -2.29. The van der Waals surface area contributed by atoms with Crippen molar-refractivity contribution >= 4 is 0 Å². The molecule has 0 heterocycles. The first-order valence-electron chi connectivity index (χ1n) is 6.17. The molecule has 1 rings (SSSR count). The van der Waals surface area contributed by atoms with Gasteiger partial charge in [0.05, 0.1) is 7.11 Å². The van der Waals surface area contributed by atoms with E-state index >= 15 is 0 Å². The summed E-state index contributed by atoms with van der Waals surface area (Å²) in [6, 6.07) is 8.88. The number of ether oxygens (including phenoxy) is 1. The molecule has 16 heavy (non-hydrogen) atoms. The third kappa shape index (κ3) is 3.86. The number of benzene rings is 1. The molecule has 2 nitrogen and oxygen atoms in total. The van der Waals surface area contributed by atoms with E-state index in [4.69, 9.17) is 4.74 Å². The maximum absolute atomic E-state index is 5.33. The largest absolute Gasteiger partial charge is 0.496 e. The van der Waals surface area contributed by atoms with Crippen molar-refractivity contribution in [1.29, 1.82) is 0 Å². The van der Waals surface area contributed by atoms with Crippen molar-refractivity contribution in [3.05, 3.63) is 29.8 Å². The standard InChI is InChI=1S/C14H23NO/c1-4-13(5-2)15-11-10-12-8-6-7-9-14(12)16-3/h6-9,13,15H,4-5,10-11H2,1-3H3. The summed E-state index contributed by atoms with van der Waals surface area (Å²) in [6.07, 6.45) is 3.42. The molecule has 0 spiro atoms. The molecule has 1 aromatic rings. The maximum atomic E-state index is 5.33. The van der Waals surface area contributed by atoms with Gasteiger partial charge in [-0.15, -0.1) is 0 Å². The molecule has 0 atom stereocenters. The lowest BCUT2D eigenvalue weighted by atomic mass is 10.1. The van der Waals surface area contributed by atoms with Gasteiger partial charge in [0.25, 0.3) is 0 Å². The van der Waals surface area contributed by atoms with E-state index in [-0.39, 0.29) is 0 Å². The number of rotatable bonds is 7. The molecular formula is C14H23NO. The van der Waals surface area contributed by atoms with Gasteiger partial charge in [-0.1, -0.05) is 32.0 Å². The van der Waals surface area contributed by atoms with Crippen LogP contribution in [0, 0.1) is 0 Å². The Hall–Kier alpha value is -1.02. The third-order valence-electron chi connectivity index (χ3n) is 3.01. The Kier molecular flexibility index (Phi) is 5.94. The molecule has 0 amide bonds. The highest BCUT2D eigenvalue weighted by atomic mass is 16.5. The minimum Gasteiger partial charge on any atom is -0.496 e. The maximum Gasteiger partial charge on any atom is 0.122 e. The van der Waals surface area contributed by atoms with Crippen LogP contribution in [0.25, 0.3) is 0 Å². The molecule has 0 unspecified atom stereocenters. The monoisotopic (exact) mass is 221 g/mol. The van der Waals surface area contributed by atoms with Crippen molar-refractivity contribution < 1.29 is 4.74 Å². The highest BCUT2D eigenvalue weighted by molar-refractivity contribution is 5.33. The first kappa shape index (κ1) is 13.0. The summed E-state index contributed by atoms with van der Waals surface area (Å²) in [5, 5.41) is 3.56. The van der Waals surface area contributed by atoms with Gasteiger partial charge in [0, 0.05) is 6.04 Å². The highest BCUT2D eigenvalue weighted by Gasteiger charge is 2.04. The van der Waals surface area contributed by atoms with Gasteiger partial charge < -0.3 is 10.1 Å². The van der Waals surface area contributed by atoms with E-state index in [2.05, 4.69) is 31.3 Å². The average Bonchev–Trinajstić information content (AvgIpc) is 2.35. The Bertz CT molecular complexity index is 295. The molecule has 0 aliphatic heterocycles. The van der Waals surface area contributed by atoms with Crippen LogP contribution >= 0.6 is 0 Å². The Morgan fingerprint density at radius 1 is 1.19 bits per heavy atom. The summed E-state index contributed by atoms with van der Waals surface area (Å²) in [6.45, 7) is 5.47. The van der Waals surface area contributed by atoms with E-state index in [0.717, 1.165) is 18.7 Å². The molecule has 0 aliphatic carbocycles. The van der Waals surface area contributed by atoms with Crippen molar-refractivity contribution in [3.63, 3.8) is 0 Å². The molecule has 90 valence electrons. The predicted molar refractivity (Wildman–Crippen MR) is 69.1 cm³/mol. The molecule has 0 aromatic heterocycles. The van der Waals surface area contributed by atoms with Gasteiger partial charge in [0.15, 0.2) is 0 Å². The topological polar surface area (TPSA) is 21.3 Å². The van der Waals surface area contributed by atoms with Gasteiger partial charge >= 0.3 is 0 Å². The second-order valence-electron chi connectivity index (χ2n) is 4.03. The fraction of sp³-hybridized carbons (Fsp3) is 0.571. The van der Waals surface area contributed by atoms with Crippen LogP contribution in [0.15, 0.2) is 24.3 Å². The lowest BCUT2D eigenvalue weighted by Gasteiger charge is -2.15. The predicted octanol–water partition coefficient (Wildman–Crippen LogP) is 3.02. The fourth-order valence-corrected chi connectivity index (χ4v) is 1.90. The molecule has 0 saturated heterocycles. The molecule has 0 radical (unpaired) electrons. The molecule has 1 aromatic carbocycles. The van der Waals surface area contributed by atoms with Crippen LogP contribution in [0.4, 0.5) is 0 Å². The van der Waals surface area contributed by atoms with E-state index in [1.165, 1.54) is 18.4 Å². The molecule has 0 bridgehead atoms. The van der Waals surface area contributed by atoms with Crippen LogP contribution in [0.5, 0.6) is 5.75 Å². The van der Waals surface area contributed by atoms with E-state index in [1.54, 1.807) is 7.11 Å². The van der Waals surface area contributed by atoms with Gasteiger partial charge in [0.1, 0.15) is 5.75 Å². The van der Waals surface area contributed by atoms with E-state index in [1.807, 2.05) is 12.1 Å². The van der Waals surface area contributed by atoms with E-state index in [0.29, 0.717) is 6.04 Å². The van der Waals surface area contributed by atoms with Crippen LogP contribution in [0.1, 0.15) is 32.3 Å². The third-order valence-corrected chi connectivity index (χ3v) is 3.01. The van der Waals surface area contributed by atoms with Crippen LogP contribution in [-0.2, 0) is 6.42 Å². The summed E-state index contributed by atoms with van der Waals surface area (Å²) < 4.78 is 5.33. The average molecular weight is 221 g/mol. The quantitative estimate of drug-likeness (QED) is 0.764. The van der Waals surface area contributed by atoms with Gasteiger partial charge in [-0.05, 0) is 37.4 Å². The number of methoxy groups -OCH3 is 1. The first-order valence-corrected chi connectivity index (χ1v) is 6.17. The summed E-state index contributed by atoms with van der Waals surface area (Å²) >= 11 is 0. The van der Waals surface area contributed by atoms with Crippen LogP contribution in [-0.4, -0.2) is 19.7 Å². The van der Waals surface area contributed by atoms with Gasteiger partial charge in [-0.2, -0.15) is 0 Å². The molecule has 2 heteroatoms. The zero-order valence-electron chi connectivity index (χ0n) is 10.6. The van der Waals surface area contributed by atoms with E-state index in [9.17, 15) is 0 Å². The minimum atomic E-state index is 0.648. The van der Waals surface area contributed by atoms with Crippen molar-refractivity contribution in [3.8, 4) is 5.75 Å². The van der Waals surface area contributed by atoms with Crippen molar-refractivity contribution in [2.75, 3.05) is 13.7 Å². The molecule has 0 saturated carbocycles. The summed E-state index contributed by atoms with van der Waals surface area (Å²) in [5.41, 5.74) is 1.28. The molecular weight excluding hydrogens is 198 g/mol. The number of hydrogen-bond acceptors (Lipinski definition) is 2. The second-order valence-corrected chi connectivity index (χ2v) is 4.03. The number of nitrogens with one attached hydrogen (secondary N) is 1. The Balaban J connectivity index is 2.42. The Morgan fingerprint density at radius 2 is 1.88 bits per heavy atom. The SMILES string of the molecule is CCC(CC)NCCc1ccccc1OC. The zero-order valence-corrected chi connectivity index (χ0v) is 10.6. The van der Waals surface area contributed by atoms with Crippen LogP contribution in [0.3, 0.4) is 0 Å². The smallest absolute Gasteiger partial charge is 0.122 e. The summed E-state index contributed by atoms with van der Waals surface area (Å²) in [4.78, 5) is 0. The van der Waals surface area contributed by atoms with Crippen molar-refractivity contribution in [2.45, 2.75) is 39.2 Å². The van der Waals surface area contributed by atoms with Crippen molar-refractivity contribution in [2.24, 2.45) is 0 Å².